The number of ether oxygens (including phenoxy) is 1. The number of unbranched alkanes of at least 4 members (excludes halogenated alkanes) is 3. The Morgan fingerprint density at radius 3 is 2.78 bits per heavy atom. The van der Waals surface area contributed by atoms with Crippen LogP contribution in [0.1, 0.15) is 51.0 Å². The number of anilines is 1. The molecule has 0 spiro atoms. The minimum Gasteiger partial charge on any atom is -0.465 e. The van der Waals surface area contributed by atoms with Crippen molar-refractivity contribution in [3.63, 3.8) is 0 Å². The zero-order valence-corrected chi connectivity index (χ0v) is 11.3. The molecule has 18 heavy (non-hydrogen) atoms. The fourth-order valence-corrected chi connectivity index (χ4v) is 1.79. The number of esters is 1. The second kappa shape index (κ2) is 7.75. The standard InChI is InChI=1S/C15H23NO2/c1-3-4-5-6-10-18-15(17)12(2)13-8-7-9-14(16)11-13/h7-9,11-12H,3-6,10,16H2,1-2H3. The van der Waals surface area contributed by atoms with Gasteiger partial charge in [0.05, 0.1) is 12.5 Å². The van der Waals surface area contributed by atoms with Gasteiger partial charge in [-0.2, -0.15) is 0 Å². The van der Waals surface area contributed by atoms with Gasteiger partial charge in [0.25, 0.3) is 0 Å². The second-order valence-corrected chi connectivity index (χ2v) is 4.62. The summed E-state index contributed by atoms with van der Waals surface area (Å²) in [6.07, 6.45) is 4.45. The summed E-state index contributed by atoms with van der Waals surface area (Å²) < 4.78 is 5.26. The minimum atomic E-state index is -0.250. The van der Waals surface area contributed by atoms with Crippen LogP contribution < -0.4 is 5.73 Å². The van der Waals surface area contributed by atoms with Gasteiger partial charge in [-0.25, -0.2) is 0 Å². The summed E-state index contributed by atoms with van der Waals surface area (Å²) >= 11 is 0. The van der Waals surface area contributed by atoms with Crippen LogP contribution in [0.25, 0.3) is 0 Å². The molecule has 1 unspecified atom stereocenters. The van der Waals surface area contributed by atoms with Gasteiger partial charge in [-0.3, -0.25) is 4.79 Å². The van der Waals surface area contributed by atoms with Crippen LogP contribution in [0, 0.1) is 0 Å². The summed E-state index contributed by atoms with van der Waals surface area (Å²) in [5.41, 5.74) is 7.29. The van der Waals surface area contributed by atoms with E-state index in [9.17, 15) is 4.79 Å². The maximum Gasteiger partial charge on any atom is 0.313 e. The van der Waals surface area contributed by atoms with Gasteiger partial charge in [-0.05, 0) is 31.0 Å². The van der Waals surface area contributed by atoms with E-state index in [1.165, 1.54) is 12.8 Å². The van der Waals surface area contributed by atoms with Gasteiger partial charge < -0.3 is 10.5 Å². The van der Waals surface area contributed by atoms with Crippen molar-refractivity contribution >= 4 is 11.7 Å². The molecule has 100 valence electrons. The number of rotatable bonds is 7. The van der Waals surface area contributed by atoms with E-state index in [4.69, 9.17) is 10.5 Å². The third-order valence-electron chi connectivity index (χ3n) is 3.01. The van der Waals surface area contributed by atoms with Crippen LogP contribution in [-0.2, 0) is 9.53 Å². The molecule has 0 amide bonds. The Kier molecular flexibility index (Phi) is 6.26. The first kappa shape index (κ1) is 14.6. The number of nitrogens with two attached hydrogens (primary N) is 1. The number of benzene rings is 1. The third kappa shape index (κ3) is 4.78. The Labute approximate surface area is 109 Å². The predicted molar refractivity (Wildman–Crippen MR) is 74.4 cm³/mol. The molecular formula is C15H23NO2. The van der Waals surface area contributed by atoms with Gasteiger partial charge in [0, 0.05) is 5.69 Å². The van der Waals surface area contributed by atoms with Crippen molar-refractivity contribution in [3.05, 3.63) is 29.8 Å². The zero-order valence-electron chi connectivity index (χ0n) is 11.3. The molecule has 0 saturated heterocycles. The number of hydrogen-bond donors (Lipinski definition) is 1. The molecule has 1 atom stereocenters. The SMILES string of the molecule is CCCCCCOC(=O)C(C)c1cccc(N)c1. The van der Waals surface area contributed by atoms with E-state index in [2.05, 4.69) is 6.92 Å². The topological polar surface area (TPSA) is 52.3 Å². The number of nitrogen functional groups attached to an aromatic ring is 1. The molecule has 1 aromatic carbocycles. The molecule has 0 heterocycles. The normalized spacial score (nSPS) is 12.1. The van der Waals surface area contributed by atoms with Crippen LogP contribution in [0.5, 0.6) is 0 Å². The molecule has 0 aliphatic rings. The third-order valence-corrected chi connectivity index (χ3v) is 3.01. The van der Waals surface area contributed by atoms with Crippen LogP contribution in [0.15, 0.2) is 24.3 Å². The van der Waals surface area contributed by atoms with Crippen molar-refractivity contribution in [1.29, 1.82) is 0 Å². The summed E-state index contributed by atoms with van der Waals surface area (Å²) in [6.45, 7) is 4.53. The molecule has 3 heteroatoms. The highest BCUT2D eigenvalue weighted by atomic mass is 16.5. The molecule has 0 saturated carbocycles. The highest BCUT2D eigenvalue weighted by molar-refractivity contribution is 5.78. The van der Waals surface area contributed by atoms with Crippen LogP contribution in [0.2, 0.25) is 0 Å². The first-order valence-electron chi connectivity index (χ1n) is 6.67. The molecule has 0 bridgehead atoms. The fourth-order valence-electron chi connectivity index (χ4n) is 1.79. The first-order chi connectivity index (χ1) is 8.65. The average Bonchev–Trinajstić information content (AvgIpc) is 2.37. The van der Waals surface area contributed by atoms with E-state index < -0.39 is 0 Å². The van der Waals surface area contributed by atoms with Crippen LogP contribution in [0.3, 0.4) is 0 Å². The Bertz CT molecular complexity index is 377. The fraction of sp³-hybridized carbons (Fsp3) is 0.533. The Morgan fingerprint density at radius 1 is 1.33 bits per heavy atom. The van der Waals surface area contributed by atoms with Crippen molar-refractivity contribution in [2.45, 2.75) is 45.4 Å². The number of hydrogen-bond acceptors (Lipinski definition) is 3. The summed E-state index contributed by atoms with van der Waals surface area (Å²) in [6, 6.07) is 7.39. The molecule has 0 aliphatic carbocycles. The molecule has 0 radical (unpaired) electrons. The lowest BCUT2D eigenvalue weighted by Gasteiger charge is -2.12. The summed E-state index contributed by atoms with van der Waals surface area (Å²) in [5.74, 6) is -0.420. The van der Waals surface area contributed by atoms with Crippen LogP contribution in [-0.4, -0.2) is 12.6 Å². The second-order valence-electron chi connectivity index (χ2n) is 4.62. The van der Waals surface area contributed by atoms with Crippen LogP contribution >= 0.6 is 0 Å². The highest BCUT2D eigenvalue weighted by Gasteiger charge is 2.16. The number of carbonyl (C=O) groups excluding carboxylic acids is 1. The maximum absolute atomic E-state index is 11.8. The van der Waals surface area contributed by atoms with Crippen LogP contribution in [0.4, 0.5) is 5.69 Å². The largest absolute Gasteiger partial charge is 0.465 e. The van der Waals surface area contributed by atoms with Gasteiger partial charge in [-0.1, -0.05) is 38.3 Å². The molecule has 1 aromatic rings. The minimum absolute atomic E-state index is 0.169. The van der Waals surface area contributed by atoms with E-state index in [0.29, 0.717) is 12.3 Å². The van der Waals surface area contributed by atoms with E-state index in [1.807, 2.05) is 31.2 Å². The smallest absolute Gasteiger partial charge is 0.313 e. The lowest BCUT2D eigenvalue weighted by atomic mass is 10.0. The maximum atomic E-state index is 11.8. The summed E-state index contributed by atoms with van der Waals surface area (Å²) in [5, 5.41) is 0. The van der Waals surface area contributed by atoms with Gasteiger partial charge in [0.1, 0.15) is 0 Å². The lowest BCUT2D eigenvalue weighted by molar-refractivity contribution is -0.145. The van der Waals surface area contributed by atoms with Crippen molar-refractivity contribution in [3.8, 4) is 0 Å². The van der Waals surface area contributed by atoms with Crippen molar-refractivity contribution < 1.29 is 9.53 Å². The lowest BCUT2D eigenvalue weighted by Crippen LogP contribution is -2.14. The molecule has 2 N–H and O–H groups in total. The van der Waals surface area contributed by atoms with Gasteiger partial charge in [0.2, 0.25) is 0 Å². The van der Waals surface area contributed by atoms with Crippen molar-refractivity contribution in [2.24, 2.45) is 0 Å². The zero-order chi connectivity index (χ0) is 13.4. The first-order valence-corrected chi connectivity index (χ1v) is 6.67. The highest BCUT2D eigenvalue weighted by Crippen LogP contribution is 2.19. The molecule has 0 aromatic heterocycles. The van der Waals surface area contributed by atoms with Crippen molar-refractivity contribution in [2.75, 3.05) is 12.3 Å². The predicted octanol–water partition coefficient (Wildman–Crippen LogP) is 3.50. The molecule has 0 aliphatic heterocycles. The average molecular weight is 249 g/mol. The molecule has 3 nitrogen and oxygen atoms in total. The van der Waals surface area contributed by atoms with Gasteiger partial charge in [-0.15, -0.1) is 0 Å². The Morgan fingerprint density at radius 2 is 2.11 bits per heavy atom. The quantitative estimate of drug-likeness (QED) is 0.457. The van der Waals surface area contributed by atoms with Gasteiger partial charge in [0.15, 0.2) is 0 Å². The molecular weight excluding hydrogens is 226 g/mol. The molecule has 1 rings (SSSR count). The van der Waals surface area contributed by atoms with E-state index in [1.54, 1.807) is 0 Å². The van der Waals surface area contributed by atoms with Gasteiger partial charge >= 0.3 is 5.97 Å². The van der Waals surface area contributed by atoms with E-state index in [0.717, 1.165) is 18.4 Å². The Hall–Kier alpha value is -1.51. The summed E-state index contributed by atoms with van der Waals surface area (Å²) in [7, 11) is 0. The van der Waals surface area contributed by atoms with E-state index >= 15 is 0 Å². The molecule has 0 fully saturated rings. The monoisotopic (exact) mass is 249 g/mol. The van der Waals surface area contributed by atoms with E-state index in [-0.39, 0.29) is 11.9 Å². The van der Waals surface area contributed by atoms with Crippen molar-refractivity contribution in [1.82, 2.24) is 0 Å². The summed E-state index contributed by atoms with van der Waals surface area (Å²) in [4.78, 5) is 11.8. The number of carbonyl (C=O) groups is 1. The Balaban J connectivity index is 2.37.